The molecular weight excluding hydrogens is 280 g/mol. The molecule has 4 heteroatoms. The highest BCUT2D eigenvalue weighted by atomic mass is 16.3. The van der Waals surface area contributed by atoms with Crippen molar-refractivity contribution in [3.8, 4) is 17.2 Å². The average Bonchev–Trinajstić information content (AvgIpc) is 2.36. The topological polar surface area (TPSA) is 77.8 Å². The molecule has 0 bridgehead atoms. The van der Waals surface area contributed by atoms with Gasteiger partial charge < -0.3 is 15.3 Å². The van der Waals surface area contributed by atoms with Crippen LogP contribution in [0.1, 0.15) is 55.5 Å². The quantitative estimate of drug-likeness (QED) is 0.582. The second-order valence-electron chi connectivity index (χ2n) is 6.14. The first kappa shape index (κ1) is 16.1. The van der Waals surface area contributed by atoms with Gasteiger partial charge in [-0.1, -0.05) is 23.8 Å². The lowest BCUT2D eigenvalue weighted by Gasteiger charge is -2.31. The molecule has 1 aromatic rings. The summed E-state index contributed by atoms with van der Waals surface area (Å²) in [5, 5.41) is 30.5. The van der Waals surface area contributed by atoms with Gasteiger partial charge in [-0.15, -0.1) is 0 Å². The van der Waals surface area contributed by atoms with Gasteiger partial charge in [0.1, 0.15) is 22.8 Å². The molecule has 0 unspecified atom stereocenters. The Morgan fingerprint density at radius 3 is 2.41 bits per heavy atom. The monoisotopic (exact) mass is 302 g/mol. The van der Waals surface area contributed by atoms with E-state index in [0.29, 0.717) is 0 Å². The molecule has 0 saturated carbocycles. The second kappa shape index (κ2) is 5.87. The molecule has 0 spiro atoms. The molecule has 1 aliphatic rings. The van der Waals surface area contributed by atoms with Crippen molar-refractivity contribution in [1.82, 2.24) is 0 Å². The zero-order valence-electron chi connectivity index (χ0n) is 13.2. The SMILES string of the molecule is C=C(C)[C@@H]1CCC(C)=C[C@H]1c1c(O)cc(O)c(C(C)=O)c1O. The van der Waals surface area contributed by atoms with Crippen molar-refractivity contribution < 1.29 is 20.1 Å². The van der Waals surface area contributed by atoms with E-state index < -0.39 is 11.5 Å². The smallest absolute Gasteiger partial charge is 0.167 e. The summed E-state index contributed by atoms with van der Waals surface area (Å²) in [6, 6.07) is 1.12. The maximum Gasteiger partial charge on any atom is 0.167 e. The number of benzene rings is 1. The first-order valence-electron chi connectivity index (χ1n) is 7.35. The lowest BCUT2D eigenvalue weighted by Crippen LogP contribution is -2.17. The Labute approximate surface area is 130 Å². The number of hydrogen-bond donors (Lipinski definition) is 3. The van der Waals surface area contributed by atoms with E-state index in [1.165, 1.54) is 12.5 Å². The average molecular weight is 302 g/mol. The van der Waals surface area contributed by atoms with E-state index in [2.05, 4.69) is 6.58 Å². The van der Waals surface area contributed by atoms with Crippen molar-refractivity contribution in [3.63, 3.8) is 0 Å². The van der Waals surface area contributed by atoms with Crippen molar-refractivity contribution >= 4 is 5.78 Å². The Balaban J connectivity index is 2.69. The third-order valence-corrected chi connectivity index (χ3v) is 4.36. The van der Waals surface area contributed by atoms with Gasteiger partial charge in [0, 0.05) is 17.5 Å². The van der Waals surface area contributed by atoms with Crippen molar-refractivity contribution in [2.45, 2.75) is 39.5 Å². The number of Topliss-reactive ketones (excluding diaryl/α,β-unsaturated/α-hetero) is 1. The highest BCUT2D eigenvalue weighted by Crippen LogP contribution is 2.49. The van der Waals surface area contributed by atoms with Crippen LogP contribution < -0.4 is 0 Å². The van der Waals surface area contributed by atoms with Gasteiger partial charge in [-0.3, -0.25) is 4.79 Å². The van der Waals surface area contributed by atoms with Crippen LogP contribution in [0.2, 0.25) is 0 Å². The zero-order valence-corrected chi connectivity index (χ0v) is 13.2. The number of ketones is 1. The molecule has 118 valence electrons. The van der Waals surface area contributed by atoms with Gasteiger partial charge in [0.05, 0.1) is 0 Å². The number of phenols is 3. The molecule has 4 nitrogen and oxygen atoms in total. The number of hydrogen-bond acceptors (Lipinski definition) is 4. The minimum absolute atomic E-state index is 0.0739. The van der Waals surface area contributed by atoms with Gasteiger partial charge in [0.2, 0.25) is 0 Å². The summed E-state index contributed by atoms with van der Waals surface area (Å²) >= 11 is 0. The summed E-state index contributed by atoms with van der Waals surface area (Å²) in [6.07, 6.45) is 3.81. The Morgan fingerprint density at radius 2 is 1.86 bits per heavy atom. The lowest BCUT2D eigenvalue weighted by molar-refractivity contribution is 0.101. The number of rotatable bonds is 3. The van der Waals surface area contributed by atoms with Gasteiger partial charge in [0.15, 0.2) is 5.78 Å². The van der Waals surface area contributed by atoms with Crippen LogP contribution >= 0.6 is 0 Å². The molecule has 0 fully saturated rings. The minimum atomic E-state index is -0.445. The molecule has 2 atom stereocenters. The summed E-state index contributed by atoms with van der Waals surface area (Å²) in [5.74, 6) is -1.58. The molecule has 0 aliphatic heterocycles. The van der Waals surface area contributed by atoms with Crippen LogP contribution in [0, 0.1) is 5.92 Å². The highest BCUT2D eigenvalue weighted by Gasteiger charge is 2.32. The van der Waals surface area contributed by atoms with Gasteiger partial charge in [-0.2, -0.15) is 0 Å². The fraction of sp³-hybridized carbons (Fsp3) is 0.389. The molecule has 0 radical (unpaired) electrons. The van der Waals surface area contributed by atoms with Gasteiger partial charge in [-0.05, 0) is 39.5 Å². The van der Waals surface area contributed by atoms with Crippen LogP contribution in [-0.4, -0.2) is 21.1 Å². The Bertz CT molecular complexity index is 670. The first-order chi connectivity index (χ1) is 10.2. The van der Waals surface area contributed by atoms with E-state index >= 15 is 0 Å². The van der Waals surface area contributed by atoms with Crippen molar-refractivity contribution in [1.29, 1.82) is 0 Å². The van der Waals surface area contributed by atoms with Crippen LogP contribution in [0.25, 0.3) is 0 Å². The van der Waals surface area contributed by atoms with Crippen LogP contribution in [0.4, 0.5) is 0 Å². The summed E-state index contributed by atoms with van der Waals surface area (Å²) < 4.78 is 0. The van der Waals surface area contributed by atoms with E-state index in [-0.39, 0.29) is 34.5 Å². The van der Waals surface area contributed by atoms with E-state index in [0.717, 1.165) is 24.5 Å². The molecule has 22 heavy (non-hydrogen) atoms. The molecule has 0 saturated heterocycles. The maximum atomic E-state index is 11.7. The molecule has 1 aromatic carbocycles. The highest BCUT2D eigenvalue weighted by molar-refractivity contribution is 6.00. The summed E-state index contributed by atoms with van der Waals surface area (Å²) in [7, 11) is 0. The summed E-state index contributed by atoms with van der Waals surface area (Å²) in [5.41, 5.74) is 2.27. The zero-order chi connectivity index (χ0) is 16.6. The normalized spacial score (nSPS) is 21.3. The minimum Gasteiger partial charge on any atom is -0.507 e. The number of carbonyl (C=O) groups is 1. The number of allylic oxidation sites excluding steroid dienone is 3. The molecule has 1 aliphatic carbocycles. The van der Waals surface area contributed by atoms with E-state index in [1.807, 2.05) is 19.9 Å². The Hall–Kier alpha value is -2.23. The lowest BCUT2D eigenvalue weighted by atomic mass is 9.73. The van der Waals surface area contributed by atoms with Crippen molar-refractivity contribution in [2.24, 2.45) is 5.92 Å². The third kappa shape index (κ3) is 2.73. The first-order valence-corrected chi connectivity index (χ1v) is 7.35. The fourth-order valence-corrected chi connectivity index (χ4v) is 3.24. The fourth-order valence-electron chi connectivity index (χ4n) is 3.24. The number of aromatic hydroxyl groups is 3. The predicted molar refractivity (Wildman–Crippen MR) is 85.5 cm³/mol. The number of phenolic OH excluding ortho intramolecular Hbond substituents is 3. The maximum absolute atomic E-state index is 11.7. The van der Waals surface area contributed by atoms with Gasteiger partial charge >= 0.3 is 0 Å². The molecule has 2 rings (SSSR count). The summed E-state index contributed by atoms with van der Waals surface area (Å²) in [6.45, 7) is 9.20. The second-order valence-corrected chi connectivity index (χ2v) is 6.14. The van der Waals surface area contributed by atoms with Crippen LogP contribution in [-0.2, 0) is 0 Å². The molecule has 0 aromatic heterocycles. The summed E-state index contributed by atoms with van der Waals surface area (Å²) in [4.78, 5) is 11.7. The van der Waals surface area contributed by atoms with Crippen LogP contribution in [0.15, 0.2) is 29.9 Å². The molecule has 0 amide bonds. The van der Waals surface area contributed by atoms with Crippen molar-refractivity contribution in [3.05, 3.63) is 41.0 Å². The largest absolute Gasteiger partial charge is 0.507 e. The van der Waals surface area contributed by atoms with Crippen LogP contribution in [0.3, 0.4) is 0 Å². The molecule has 3 N–H and O–H groups in total. The molecular formula is C18H22O4. The van der Waals surface area contributed by atoms with E-state index in [9.17, 15) is 20.1 Å². The van der Waals surface area contributed by atoms with Gasteiger partial charge in [-0.25, -0.2) is 0 Å². The molecule has 0 heterocycles. The van der Waals surface area contributed by atoms with Gasteiger partial charge in [0.25, 0.3) is 0 Å². The van der Waals surface area contributed by atoms with Crippen LogP contribution in [0.5, 0.6) is 17.2 Å². The Kier molecular flexibility index (Phi) is 4.31. The van der Waals surface area contributed by atoms with Crippen molar-refractivity contribution in [2.75, 3.05) is 0 Å². The third-order valence-electron chi connectivity index (χ3n) is 4.36. The standard InChI is InChI=1S/C18H22O4/c1-9(2)12-6-5-10(3)7-13(12)17-15(21)8-14(20)16(11(4)19)18(17)22/h7-8,12-13,20-22H,1,5-6H2,2-4H3/t12-,13+/m0/s1. The number of carbonyl (C=O) groups excluding carboxylic acids is 1. The van der Waals surface area contributed by atoms with E-state index in [4.69, 9.17) is 0 Å². The Morgan fingerprint density at radius 1 is 1.23 bits per heavy atom. The van der Waals surface area contributed by atoms with E-state index in [1.54, 1.807) is 0 Å². The predicted octanol–water partition coefficient (Wildman–Crippen LogP) is 4.02.